The minimum Gasteiger partial charge on any atom is -0.487 e. The molecule has 1 aliphatic rings. The van der Waals surface area contributed by atoms with Crippen LogP contribution in [0.25, 0.3) is 11.1 Å². The molecule has 5 aromatic rings. The fourth-order valence-electron chi connectivity index (χ4n) is 8.68. The van der Waals surface area contributed by atoms with Gasteiger partial charge < -0.3 is 29.2 Å². The molecule has 11 nitrogen and oxygen atoms in total. The van der Waals surface area contributed by atoms with E-state index in [1.807, 2.05) is 78.9 Å². The van der Waals surface area contributed by atoms with Crippen molar-refractivity contribution in [1.29, 1.82) is 0 Å². The third-order valence-electron chi connectivity index (χ3n) is 13.6. The largest absolute Gasteiger partial charge is 0.487 e. The summed E-state index contributed by atoms with van der Waals surface area (Å²) >= 11 is 6.66. The lowest BCUT2D eigenvalue weighted by Gasteiger charge is -2.39. The van der Waals surface area contributed by atoms with E-state index in [1.54, 1.807) is 24.3 Å². The van der Waals surface area contributed by atoms with E-state index in [9.17, 15) is 22.7 Å². The van der Waals surface area contributed by atoms with E-state index in [0.29, 0.717) is 71.6 Å². The third kappa shape index (κ3) is 17.1. The van der Waals surface area contributed by atoms with Crippen molar-refractivity contribution in [1.82, 2.24) is 10.2 Å². The summed E-state index contributed by atoms with van der Waals surface area (Å²) < 4.78 is 61.3. The van der Waals surface area contributed by atoms with Gasteiger partial charge in [-0.2, -0.15) is 0 Å². The zero-order valence-corrected chi connectivity index (χ0v) is 45.0. The van der Waals surface area contributed by atoms with Crippen molar-refractivity contribution in [2.45, 2.75) is 122 Å². The van der Waals surface area contributed by atoms with Crippen molar-refractivity contribution < 1.29 is 36.6 Å². The van der Waals surface area contributed by atoms with Gasteiger partial charge in [0.25, 0.3) is 0 Å². The lowest BCUT2D eigenvalue weighted by molar-refractivity contribution is 0.179. The highest BCUT2D eigenvalue weighted by atomic mass is 35.5. The number of amides is 1. The summed E-state index contributed by atoms with van der Waals surface area (Å²) in [6.45, 7) is 15.8. The van der Waals surface area contributed by atoms with Crippen LogP contribution in [0.5, 0.6) is 11.5 Å². The fourth-order valence-corrected chi connectivity index (χ4v) is 10.8. The van der Waals surface area contributed by atoms with Crippen molar-refractivity contribution in [3.05, 3.63) is 143 Å². The molecule has 0 unspecified atom stereocenters. The van der Waals surface area contributed by atoms with E-state index in [1.165, 1.54) is 29.9 Å². The Bertz CT molecular complexity index is 2580. The summed E-state index contributed by atoms with van der Waals surface area (Å²) in [4.78, 5) is 16.7. The minimum absolute atomic E-state index is 0.0125. The first-order chi connectivity index (χ1) is 33.9. The zero-order chi connectivity index (χ0) is 51.0. The maximum Gasteiger partial charge on any atom is 0.412 e. The summed E-state index contributed by atoms with van der Waals surface area (Å²) in [6, 6.07) is 34.5. The topological polar surface area (TPSA) is 130 Å². The van der Waals surface area contributed by atoms with Crippen molar-refractivity contribution in [3.63, 3.8) is 0 Å². The predicted octanol–water partition coefficient (Wildman–Crippen LogP) is 13.7. The molecule has 1 heterocycles. The summed E-state index contributed by atoms with van der Waals surface area (Å²) in [6.07, 6.45) is 9.11. The minimum atomic E-state index is -3.57. The molecule has 384 valence electrons. The van der Waals surface area contributed by atoms with Crippen molar-refractivity contribution in [2.24, 2.45) is 0 Å². The average molecular weight is 1030 g/mol. The van der Waals surface area contributed by atoms with Gasteiger partial charge in [-0.1, -0.05) is 137 Å². The number of sulfonamides is 1. The molecule has 0 saturated carbocycles. The van der Waals surface area contributed by atoms with E-state index >= 15 is 0 Å². The zero-order valence-electron chi connectivity index (χ0n) is 42.4. The molecule has 15 heteroatoms. The Morgan fingerprint density at radius 1 is 0.817 bits per heavy atom. The number of rotatable bonds is 26. The first-order valence-corrected chi connectivity index (χ1v) is 30.2. The van der Waals surface area contributed by atoms with Crippen LogP contribution in [0.15, 0.2) is 115 Å². The number of halogens is 2. The molecule has 0 aliphatic carbocycles. The molecule has 3 N–H and O–H groups in total. The van der Waals surface area contributed by atoms with Crippen LogP contribution in [-0.4, -0.2) is 77.9 Å². The van der Waals surface area contributed by atoms with E-state index in [0.717, 1.165) is 81.2 Å². The van der Waals surface area contributed by atoms with Crippen LogP contribution in [0.4, 0.5) is 20.6 Å². The molecule has 1 amide bonds. The van der Waals surface area contributed by atoms with Crippen LogP contribution < -0.4 is 24.4 Å². The van der Waals surface area contributed by atoms with Crippen molar-refractivity contribution in [2.75, 3.05) is 48.6 Å². The molecule has 0 bridgehead atoms. The smallest absolute Gasteiger partial charge is 0.412 e. The molecule has 1 saturated heterocycles. The van der Waals surface area contributed by atoms with E-state index in [-0.39, 0.29) is 17.2 Å². The van der Waals surface area contributed by atoms with Gasteiger partial charge in [0.2, 0.25) is 10.0 Å². The number of benzene rings is 5. The van der Waals surface area contributed by atoms with Gasteiger partial charge in [-0.25, -0.2) is 17.6 Å². The lowest BCUT2D eigenvalue weighted by Crippen LogP contribution is -2.47. The van der Waals surface area contributed by atoms with Gasteiger partial charge in [0.15, 0.2) is 8.32 Å². The van der Waals surface area contributed by atoms with Gasteiger partial charge in [0.05, 0.1) is 28.8 Å². The number of carbonyl (C=O) groups is 1. The predicted molar refractivity (Wildman–Crippen MR) is 289 cm³/mol. The Hall–Kier alpha value is -4.96. The number of hydrogen-bond acceptors (Lipinski definition) is 8. The Morgan fingerprint density at radius 2 is 1.41 bits per heavy atom. The summed E-state index contributed by atoms with van der Waals surface area (Å²) in [5.41, 5.74) is 4.79. The number of unbranched alkanes of at least 4 members (excludes halogenated alkanes) is 6. The number of carboxylic acid groups (broad SMARTS) is 1. The van der Waals surface area contributed by atoms with Crippen LogP contribution in [0.3, 0.4) is 0 Å². The Balaban J connectivity index is 0.921. The van der Waals surface area contributed by atoms with E-state index in [2.05, 4.69) is 48.8 Å². The van der Waals surface area contributed by atoms with Crippen LogP contribution in [0.2, 0.25) is 23.2 Å². The standard InChI is InChI=1S/C56H74ClFN4O7SSi/c1-56(2,3)71(5,6)69-54(45-25-29-53(50(37-45)60-70(4,65)66)68-41-43-22-16-13-17-23-43)39-59-32-18-10-8-7-9-11-19-33-61-34-30-47(31-35-61)62(55(63)64)51-27-26-46(58)38-48(51)44-24-28-52(49(57)36-44)67-40-42-20-14-12-15-21-42/h12-17,20-29,36-38,47,54,59-60H,7-11,18-19,30-35,39-41H2,1-6H3,(H,63,64)/t54-/m0/s1. The number of anilines is 2. The van der Waals surface area contributed by atoms with Crippen LogP contribution in [-0.2, 0) is 27.7 Å². The highest BCUT2D eigenvalue weighted by molar-refractivity contribution is 7.92. The number of nitrogens with one attached hydrogen (secondary N) is 2. The molecule has 0 aromatic heterocycles. The monoisotopic (exact) mass is 1030 g/mol. The summed E-state index contributed by atoms with van der Waals surface area (Å²) in [5, 5.41) is 14.5. The summed E-state index contributed by atoms with van der Waals surface area (Å²) in [5.74, 6) is 0.497. The number of ether oxygens (including phenoxy) is 2. The van der Waals surface area contributed by atoms with Gasteiger partial charge in [-0.15, -0.1) is 0 Å². The maximum absolute atomic E-state index is 14.7. The van der Waals surface area contributed by atoms with E-state index in [4.69, 9.17) is 25.5 Å². The molecule has 0 radical (unpaired) electrons. The van der Waals surface area contributed by atoms with Gasteiger partial charge >= 0.3 is 6.09 Å². The van der Waals surface area contributed by atoms with Gasteiger partial charge in [0.1, 0.15) is 30.5 Å². The van der Waals surface area contributed by atoms with Crippen molar-refractivity contribution >= 4 is 47.4 Å². The first-order valence-electron chi connectivity index (χ1n) is 25.0. The molecule has 6 rings (SSSR count). The second-order valence-electron chi connectivity index (χ2n) is 20.3. The summed E-state index contributed by atoms with van der Waals surface area (Å²) in [7, 11) is -5.77. The number of likely N-dealkylation sites (tertiary alicyclic amines) is 1. The SMILES string of the molecule is CC(C)(C)[Si](C)(C)O[C@@H](CNCCCCCCCCCN1CCC(N(C(=O)O)c2ccc(F)cc2-c2ccc(OCc3ccccc3)c(Cl)c2)CC1)c1ccc(OCc2ccccc2)c(NS(C)(=O)=O)c1. The Morgan fingerprint density at radius 3 is 2.00 bits per heavy atom. The number of hydrogen-bond donors (Lipinski definition) is 3. The molecular weight excluding hydrogens is 955 g/mol. The van der Waals surface area contributed by atoms with Gasteiger partial charge in [0, 0.05) is 31.2 Å². The molecule has 5 aromatic carbocycles. The molecule has 0 spiro atoms. The average Bonchev–Trinajstić information content (AvgIpc) is 3.32. The molecule has 1 aliphatic heterocycles. The van der Waals surface area contributed by atoms with Crippen LogP contribution in [0, 0.1) is 5.82 Å². The molecule has 71 heavy (non-hydrogen) atoms. The number of nitrogens with zero attached hydrogens (tertiary/aromatic N) is 2. The molecular formula is C56H74ClFN4O7SSi. The van der Waals surface area contributed by atoms with Gasteiger partial charge in [-0.05, 0) is 122 Å². The van der Waals surface area contributed by atoms with Crippen molar-refractivity contribution in [3.8, 4) is 22.6 Å². The van der Waals surface area contributed by atoms with E-state index < -0.39 is 30.3 Å². The second-order valence-corrected chi connectivity index (χ2v) is 27.2. The number of piperidine rings is 1. The highest BCUT2D eigenvalue weighted by Gasteiger charge is 2.39. The van der Waals surface area contributed by atoms with Crippen LogP contribution >= 0.6 is 11.6 Å². The normalized spacial score (nSPS) is 14.3. The van der Waals surface area contributed by atoms with Crippen LogP contribution in [0.1, 0.15) is 101 Å². The third-order valence-corrected chi connectivity index (χ3v) is 19.0. The molecule has 1 atom stereocenters. The quantitative estimate of drug-likeness (QED) is 0.0366. The maximum atomic E-state index is 14.7. The first kappa shape index (κ1) is 55.4. The highest BCUT2D eigenvalue weighted by Crippen LogP contribution is 2.41. The fraction of sp³-hybridized carbons (Fsp3) is 0.446. The van der Waals surface area contributed by atoms with Gasteiger partial charge in [-0.3, -0.25) is 9.62 Å². The Kier molecular flexibility index (Phi) is 20.4. The lowest BCUT2D eigenvalue weighted by atomic mass is 9.98. The second kappa shape index (κ2) is 26.1. The molecule has 1 fully saturated rings. The Labute approximate surface area is 428 Å².